The molecule has 114 valence electrons. The zero-order valence-corrected chi connectivity index (χ0v) is 12.6. The first-order valence-corrected chi connectivity index (χ1v) is 6.97. The fourth-order valence-corrected chi connectivity index (χ4v) is 1.78. The van der Waals surface area contributed by atoms with Crippen LogP contribution in [0.25, 0.3) is 0 Å². The van der Waals surface area contributed by atoms with Crippen molar-refractivity contribution in [1.82, 2.24) is 15.5 Å². The Morgan fingerprint density at radius 2 is 1.95 bits per heavy atom. The van der Waals surface area contributed by atoms with Crippen molar-refractivity contribution >= 4 is 0 Å². The molecule has 0 aliphatic heterocycles. The van der Waals surface area contributed by atoms with Gasteiger partial charge in [0, 0.05) is 12.5 Å². The average Bonchev–Trinajstić information content (AvgIpc) is 2.95. The molecule has 0 aliphatic rings. The number of benzene rings is 1. The van der Waals surface area contributed by atoms with Crippen LogP contribution in [0.4, 0.5) is 0 Å². The van der Waals surface area contributed by atoms with E-state index in [-0.39, 0.29) is 0 Å². The highest BCUT2D eigenvalue weighted by Crippen LogP contribution is 2.17. The van der Waals surface area contributed by atoms with Gasteiger partial charge in [0.05, 0.1) is 20.1 Å². The van der Waals surface area contributed by atoms with E-state index in [0.717, 1.165) is 23.7 Å². The lowest BCUT2D eigenvalue weighted by Crippen LogP contribution is -2.24. The van der Waals surface area contributed by atoms with Gasteiger partial charge in [0.1, 0.15) is 11.5 Å². The normalized spacial score (nSPS) is 12.1. The fourth-order valence-electron chi connectivity index (χ4n) is 1.78. The Bertz CT molecular complexity index is 539. The smallest absolute Gasteiger partial charge is 0.230 e. The third kappa shape index (κ3) is 4.75. The second kappa shape index (κ2) is 7.64. The molecule has 21 heavy (non-hydrogen) atoms. The largest absolute Gasteiger partial charge is 0.497 e. The van der Waals surface area contributed by atoms with E-state index in [1.165, 1.54) is 0 Å². The molecule has 0 spiro atoms. The number of hydrogen-bond acceptors (Lipinski definition) is 6. The van der Waals surface area contributed by atoms with Gasteiger partial charge in [-0.2, -0.15) is 4.98 Å². The number of aromatic nitrogens is 2. The molecule has 1 unspecified atom stereocenters. The van der Waals surface area contributed by atoms with Gasteiger partial charge < -0.3 is 19.3 Å². The molecule has 0 saturated heterocycles. The van der Waals surface area contributed by atoms with E-state index >= 15 is 0 Å². The van der Waals surface area contributed by atoms with Gasteiger partial charge in [-0.25, -0.2) is 0 Å². The Balaban J connectivity index is 1.77. The molecule has 0 fully saturated rings. The van der Waals surface area contributed by atoms with Crippen LogP contribution < -0.4 is 14.8 Å². The lowest BCUT2D eigenvalue weighted by atomic mass is 10.2. The van der Waals surface area contributed by atoms with Gasteiger partial charge in [-0.15, -0.1) is 0 Å². The lowest BCUT2D eigenvalue weighted by molar-refractivity contribution is 0.291. The van der Waals surface area contributed by atoms with E-state index in [9.17, 15) is 0 Å². The number of nitrogens with zero attached hydrogens (tertiary/aromatic N) is 2. The maximum atomic E-state index is 5.63. The summed E-state index contributed by atoms with van der Waals surface area (Å²) in [7, 11) is 3.55. The maximum absolute atomic E-state index is 5.63. The van der Waals surface area contributed by atoms with E-state index < -0.39 is 0 Å². The third-order valence-electron chi connectivity index (χ3n) is 3.14. The minimum Gasteiger partial charge on any atom is -0.497 e. The van der Waals surface area contributed by atoms with Gasteiger partial charge in [0.25, 0.3) is 0 Å². The van der Waals surface area contributed by atoms with Crippen molar-refractivity contribution in [2.24, 2.45) is 0 Å². The van der Waals surface area contributed by atoms with Crippen LogP contribution in [0.3, 0.4) is 0 Å². The quantitative estimate of drug-likeness (QED) is 0.800. The Hall–Kier alpha value is -2.08. The molecule has 0 amide bonds. The summed E-state index contributed by atoms with van der Waals surface area (Å²) in [6.07, 6.45) is 1.34. The second-order valence-electron chi connectivity index (χ2n) is 4.77. The first-order valence-electron chi connectivity index (χ1n) is 6.97. The zero-order chi connectivity index (χ0) is 15.1. The number of likely N-dealkylation sites (N-methyl/N-ethyl adjacent to an activating group) is 1. The standard InChI is InChI=1S/C15H21N3O3/c1-11(16-2)10-14-17-15(21-18-14)8-9-20-13-6-4-12(19-3)5-7-13/h4-7,11,16H,8-10H2,1-3H3. The summed E-state index contributed by atoms with van der Waals surface area (Å²) < 4.78 is 15.9. The predicted molar refractivity (Wildman–Crippen MR) is 78.7 cm³/mol. The van der Waals surface area contributed by atoms with Gasteiger partial charge >= 0.3 is 0 Å². The summed E-state index contributed by atoms with van der Waals surface area (Å²) in [6.45, 7) is 2.57. The van der Waals surface area contributed by atoms with E-state index in [2.05, 4.69) is 22.4 Å². The summed E-state index contributed by atoms with van der Waals surface area (Å²) >= 11 is 0. The highest BCUT2D eigenvalue weighted by atomic mass is 16.5. The average molecular weight is 291 g/mol. The van der Waals surface area contributed by atoms with Crippen molar-refractivity contribution in [2.45, 2.75) is 25.8 Å². The van der Waals surface area contributed by atoms with Crippen LogP contribution >= 0.6 is 0 Å². The van der Waals surface area contributed by atoms with E-state index in [1.54, 1.807) is 7.11 Å². The number of hydrogen-bond donors (Lipinski definition) is 1. The molecule has 2 aromatic rings. The highest BCUT2D eigenvalue weighted by molar-refractivity contribution is 5.31. The molecule has 1 aromatic carbocycles. The minimum atomic E-state index is 0.325. The van der Waals surface area contributed by atoms with Crippen LogP contribution in [0, 0.1) is 0 Å². The second-order valence-corrected chi connectivity index (χ2v) is 4.77. The van der Waals surface area contributed by atoms with Crippen LogP contribution in [-0.2, 0) is 12.8 Å². The molecule has 0 radical (unpaired) electrons. The van der Waals surface area contributed by atoms with Crippen LogP contribution in [-0.4, -0.2) is 36.9 Å². The van der Waals surface area contributed by atoms with Crippen LogP contribution in [0.15, 0.2) is 28.8 Å². The SMILES string of the molecule is CNC(C)Cc1noc(CCOc2ccc(OC)cc2)n1. The monoisotopic (exact) mass is 291 g/mol. The Labute approximate surface area is 124 Å². The zero-order valence-electron chi connectivity index (χ0n) is 12.6. The first kappa shape index (κ1) is 15.3. The molecule has 1 heterocycles. The van der Waals surface area contributed by atoms with Crippen molar-refractivity contribution in [1.29, 1.82) is 0 Å². The number of nitrogens with one attached hydrogen (secondary N) is 1. The fraction of sp³-hybridized carbons (Fsp3) is 0.467. The first-order chi connectivity index (χ1) is 10.2. The molecule has 1 aromatic heterocycles. The molecule has 0 aliphatic carbocycles. The summed E-state index contributed by atoms with van der Waals surface area (Å²) in [5.41, 5.74) is 0. The summed E-state index contributed by atoms with van der Waals surface area (Å²) in [4.78, 5) is 4.34. The highest BCUT2D eigenvalue weighted by Gasteiger charge is 2.09. The van der Waals surface area contributed by atoms with Gasteiger partial charge in [0.2, 0.25) is 5.89 Å². The Morgan fingerprint density at radius 1 is 1.24 bits per heavy atom. The van der Waals surface area contributed by atoms with Crippen molar-refractivity contribution in [3.8, 4) is 11.5 Å². The van der Waals surface area contributed by atoms with Crippen molar-refractivity contribution < 1.29 is 14.0 Å². The minimum absolute atomic E-state index is 0.325. The van der Waals surface area contributed by atoms with E-state index in [1.807, 2.05) is 31.3 Å². The van der Waals surface area contributed by atoms with Crippen molar-refractivity contribution in [2.75, 3.05) is 20.8 Å². The van der Waals surface area contributed by atoms with Gasteiger partial charge in [-0.3, -0.25) is 0 Å². The lowest BCUT2D eigenvalue weighted by Gasteiger charge is -2.05. The summed E-state index contributed by atoms with van der Waals surface area (Å²) in [5, 5.41) is 7.09. The van der Waals surface area contributed by atoms with Gasteiger partial charge in [0.15, 0.2) is 5.82 Å². The summed E-state index contributed by atoms with van der Waals surface area (Å²) in [6, 6.07) is 7.78. The van der Waals surface area contributed by atoms with Crippen molar-refractivity contribution in [3.63, 3.8) is 0 Å². The van der Waals surface area contributed by atoms with Crippen LogP contribution in [0.2, 0.25) is 0 Å². The molecule has 0 bridgehead atoms. The number of rotatable bonds is 8. The van der Waals surface area contributed by atoms with Gasteiger partial charge in [-0.05, 0) is 38.2 Å². The molecule has 1 N–H and O–H groups in total. The number of ether oxygens (including phenoxy) is 2. The van der Waals surface area contributed by atoms with Gasteiger partial charge in [-0.1, -0.05) is 5.16 Å². The van der Waals surface area contributed by atoms with Crippen LogP contribution in [0.5, 0.6) is 11.5 Å². The Morgan fingerprint density at radius 3 is 2.62 bits per heavy atom. The Kier molecular flexibility index (Phi) is 5.57. The molecule has 0 saturated carbocycles. The molecule has 6 nitrogen and oxygen atoms in total. The molecular weight excluding hydrogens is 270 g/mol. The third-order valence-corrected chi connectivity index (χ3v) is 3.14. The predicted octanol–water partition coefficient (Wildman–Crippen LogP) is 1.85. The molecule has 2 rings (SSSR count). The van der Waals surface area contributed by atoms with E-state index in [0.29, 0.717) is 25.0 Å². The van der Waals surface area contributed by atoms with Crippen molar-refractivity contribution in [3.05, 3.63) is 36.0 Å². The molecule has 6 heteroatoms. The topological polar surface area (TPSA) is 69.4 Å². The summed E-state index contributed by atoms with van der Waals surface area (Å²) in [5.74, 6) is 2.92. The molecule has 1 atom stereocenters. The van der Waals surface area contributed by atoms with E-state index in [4.69, 9.17) is 14.0 Å². The molecular formula is C15H21N3O3. The number of methoxy groups -OCH3 is 1. The maximum Gasteiger partial charge on any atom is 0.230 e. The van der Waals surface area contributed by atoms with Crippen LogP contribution in [0.1, 0.15) is 18.6 Å².